The average molecular weight is 427 g/mol. The Morgan fingerprint density at radius 2 is 1.93 bits per heavy atom. The molecule has 1 fully saturated rings. The monoisotopic (exact) mass is 426 g/mol. The molecule has 0 spiro atoms. The highest BCUT2D eigenvalue weighted by Crippen LogP contribution is 2.22. The van der Waals surface area contributed by atoms with E-state index in [-0.39, 0.29) is 17.6 Å². The summed E-state index contributed by atoms with van der Waals surface area (Å²) in [6, 6.07) is 12.8. The van der Waals surface area contributed by atoms with Crippen LogP contribution in [-0.4, -0.2) is 33.4 Å². The zero-order valence-corrected chi connectivity index (χ0v) is 17.4. The van der Waals surface area contributed by atoms with Crippen LogP contribution in [0.25, 0.3) is 5.69 Å². The average Bonchev–Trinajstić information content (AvgIpc) is 3.30. The van der Waals surface area contributed by atoms with Crippen LogP contribution in [0.2, 0.25) is 5.02 Å². The van der Waals surface area contributed by atoms with Crippen molar-refractivity contribution in [3.8, 4) is 5.69 Å². The molecule has 1 aliphatic heterocycles. The summed E-state index contributed by atoms with van der Waals surface area (Å²) in [5.41, 5.74) is 2.73. The van der Waals surface area contributed by atoms with E-state index in [1.807, 2.05) is 35.0 Å². The zero-order valence-electron chi connectivity index (χ0n) is 16.6. The van der Waals surface area contributed by atoms with Crippen LogP contribution in [-0.2, 0) is 17.9 Å². The van der Waals surface area contributed by atoms with E-state index in [2.05, 4.69) is 15.2 Å². The molecule has 0 atom stereocenters. The minimum atomic E-state index is -0.276. The molecule has 0 saturated carbocycles. The highest BCUT2D eigenvalue weighted by Gasteiger charge is 2.25. The van der Waals surface area contributed by atoms with Crippen molar-refractivity contribution in [1.82, 2.24) is 19.8 Å². The molecule has 3 aromatic rings. The molecule has 0 radical (unpaired) electrons. The number of amides is 1. The standard InChI is InChI=1S/C23H24ClFN4O/c24-20-4-3-19(22(25)13-20)15-28-10-7-18(8-11-28)23(30)27-14-17-1-5-21(6-2-17)29-12-9-26-16-29/h1-6,9,12-13,16,18H,7-8,10-11,14-15H2,(H,27,30). The van der Waals surface area contributed by atoms with E-state index >= 15 is 0 Å². The Kier molecular flexibility index (Phi) is 6.45. The van der Waals surface area contributed by atoms with Crippen molar-refractivity contribution in [2.75, 3.05) is 13.1 Å². The first-order valence-corrected chi connectivity index (χ1v) is 10.5. The first-order valence-electron chi connectivity index (χ1n) is 10.1. The molecule has 0 bridgehead atoms. The van der Waals surface area contributed by atoms with Gasteiger partial charge in [0.15, 0.2) is 0 Å². The van der Waals surface area contributed by atoms with Gasteiger partial charge in [0.1, 0.15) is 5.82 Å². The van der Waals surface area contributed by atoms with E-state index in [1.54, 1.807) is 24.7 Å². The molecule has 1 aromatic heterocycles. The molecule has 2 aromatic carbocycles. The van der Waals surface area contributed by atoms with Crippen LogP contribution in [0.4, 0.5) is 4.39 Å². The van der Waals surface area contributed by atoms with Crippen LogP contribution >= 0.6 is 11.6 Å². The Labute approximate surface area is 180 Å². The Morgan fingerprint density at radius 1 is 1.17 bits per heavy atom. The van der Waals surface area contributed by atoms with Crippen molar-refractivity contribution >= 4 is 17.5 Å². The van der Waals surface area contributed by atoms with E-state index in [4.69, 9.17) is 11.6 Å². The summed E-state index contributed by atoms with van der Waals surface area (Å²) in [5.74, 6) is -0.186. The largest absolute Gasteiger partial charge is 0.352 e. The lowest BCUT2D eigenvalue weighted by Crippen LogP contribution is -2.40. The Hall–Kier alpha value is -2.70. The highest BCUT2D eigenvalue weighted by molar-refractivity contribution is 6.30. The fourth-order valence-corrected chi connectivity index (χ4v) is 3.93. The number of halogens is 2. The molecule has 1 saturated heterocycles. The normalized spacial score (nSPS) is 15.3. The van der Waals surface area contributed by atoms with Crippen LogP contribution in [0.5, 0.6) is 0 Å². The van der Waals surface area contributed by atoms with E-state index in [1.165, 1.54) is 6.07 Å². The third-order valence-corrected chi connectivity index (χ3v) is 5.81. The maximum Gasteiger partial charge on any atom is 0.223 e. The van der Waals surface area contributed by atoms with Crippen LogP contribution < -0.4 is 5.32 Å². The maximum absolute atomic E-state index is 14.0. The van der Waals surface area contributed by atoms with Crippen molar-refractivity contribution in [1.29, 1.82) is 0 Å². The molecule has 156 valence electrons. The van der Waals surface area contributed by atoms with Gasteiger partial charge in [-0.05, 0) is 55.8 Å². The van der Waals surface area contributed by atoms with Gasteiger partial charge in [0.25, 0.3) is 0 Å². The summed E-state index contributed by atoms with van der Waals surface area (Å²) < 4.78 is 15.9. The molecule has 1 aliphatic rings. The number of piperidine rings is 1. The number of carbonyl (C=O) groups excluding carboxylic acids is 1. The van der Waals surface area contributed by atoms with E-state index in [0.717, 1.165) is 37.2 Å². The van der Waals surface area contributed by atoms with Gasteiger partial charge in [-0.2, -0.15) is 0 Å². The second kappa shape index (κ2) is 9.41. The Balaban J connectivity index is 1.23. The number of benzene rings is 2. The Bertz CT molecular complexity index is 983. The van der Waals surface area contributed by atoms with Crippen molar-refractivity contribution in [2.45, 2.75) is 25.9 Å². The van der Waals surface area contributed by atoms with Gasteiger partial charge in [-0.15, -0.1) is 0 Å². The minimum absolute atomic E-state index is 0.00142. The van der Waals surface area contributed by atoms with Crippen LogP contribution in [0, 0.1) is 11.7 Å². The lowest BCUT2D eigenvalue weighted by molar-refractivity contribution is -0.126. The second-order valence-corrected chi connectivity index (χ2v) is 8.08. The lowest BCUT2D eigenvalue weighted by atomic mass is 9.95. The summed E-state index contributed by atoms with van der Waals surface area (Å²) >= 11 is 5.82. The van der Waals surface area contributed by atoms with Crippen LogP contribution in [0.3, 0.4) is 0 Å². The number of nitrogens with zero attached hydrogens (tertiary/aromatic N) is 3. The SMILES string of the molecule is O=C(NCc1ccc(-n2ccnc2)cc1)C1CCN(Cc2ccc(Cl)cc2F)CC1. The van der Waals surface area contributed by atoms with Crippen molar-refractivity contribution < 1.29 is 9.18 Å². The molecule has 1 N–H and O–H groups in total. The van der Waals surface area contributed by atoms with Crippen LogP contribution in [0.1, 0.15) is 24.0 Å². The smallest absolute Gasteiger partial charge is 0.223 e. The van der Waals surface area contributed by atoms with Gasteiger partial charge in [0, 0.05) is 47.7 Å². The molecule has 4 rings (SSSR count). The summed E-state index contributed by atoms with van der Waals surface area (Å²) in [5, 5.41) is 3.46. The third-order valence-electron chi connectivity index (χ3n) is 5.57. The van der Waals surface area contributed by atoms with E-state index in [9.17, 15) is 9.18 Å². The van der Waals surface area contributed by atoms with Gasteiger partial charge in [-0.1, -0.05) is 29.8 Å². The van der Waals surface area contributed by atoms with Gasteiger partial charge in [0.05, 0.1) is 6.33 Å². The summed E-state index contributed by atoms with van der Waals surface area (Å²) in [6.07, 6.45) is 6.95. The van der Waals surface area contributed by atoms with Crippen molar-refractivity contribution in [3.63, 3.8) is 0 Å². The number of likely N-dealkylation sites (tertiary alicyclic amines) is 1. The molecule has 0 unspecified atom stereocenters. The molecule has 30 heavy (non-hydrogen) atoms. The number of rotatable bonds is 6. The number of nitrogens with one attached hydrogen (secondary N) is 1. The molecule has 0 aliphatic carbocycles. The predicted molar refractivity (Wildman–Crippen MR) is 115 cm³/mol. The maximum atomic E-state index is 14.0. The molecule has 1 amide bonds. The van der Waals surface area contributed by atoms with Crippen molar-refractivity contribution in [3.05, 3.63) is 83.2 Å². The van der Waals surface area contributed by atoms with Gasteiger partial charge < -0.3 is 9.88 Å². The lowest BCUT2D eigenvalue weighted by Gasteiger charge is -2.31. The molecule has 5 nitrogen and oxygen atoms in total. The number of imidazole rings is 1. The molecule has 7 heteroatoms. The predicted octanol–water partition coefficient (Wildman–Crippen LogP) is 4.19. The third kappa shape index (κ3) is 5.07. The summed E-state index contributed by atoms with van der Waals surface area (Å²) in [6.45, 7) is 2.61. The number of aromatic nitrogens is 2. The van der Waals surface area contributed by atoms with Gasteiger partial charge >= 0.3 is 0 Å². The minimum Gasteiger partial charge on any atom is -0.352 e. The second-order valence-electron chi connectivity index (χ2n) is 7.64. The van der Waals surface area contributed by atoms with Gasteiger partial charge in [-0.25, -0.2) is 9.37 Å². The first kappa shape index (κ1) is 20.6. The Morgan fingerprint density at radius 3 is 2.60 bits per heavy atom. The van der Waals surface area contributed by atoms with Gasteiger partial charge in [0.2, 0.25) is 5.91 Å². The number of carbonyl (C=O) groups is 1. The van der Waals surface area contributed by atoms with E-state index in [0.29, 0.717) is 23.7 Å². The van der Waals surface area contributed by atoms with Crippen molar-refractivity contribution in [2.24, 2.45) is 5.92 Å². The summed E-state index contributed by atoms with van der Waals surface area (Å²) in [4.78, 5) is 18.8. The van der Waals surface area contributed by atoms with Crippen LogP contribution in [0.15, 0.2) is 61.2 Å². The fraction of sp³-hybridized carbons (Fsp3) is 0.304. The highest BCUT2D eigenvalue weighted by atomic mass is 35.5. The molecular weight excluding hydrogens is 403 g/mol. The number of hydrogen-bond donors (Lipinski definition) is 1. The zero-order chi connectivity index (χ0) is 20.9. The molecular formula is C23H24ClFN4O. The first-order chi connectivity index (χ1) is 14.6. The fourth-order valence-electron chi connectivity index (χ4n) is 3.78. The number of hydrogen-bond acceptors (Lipinski definition) is 3. The summed E-state index contributed by atoms with van der Waals surface area (Å²) in [7, 11) is 0. The van der Waals surface area contributed by atoms with Gasteiger partial charge in [-0.3, -0.25) is 9.69 Å². The van der Waals surface area contributed by atoms with E-state index < -0.39 is 0 Å². The molecule has 2 heterocycles. The quantitative estimate of drug-likeness (QED) is 0.642. The topological polar surface area (TPSA) is 50.2 Å².